The maximum absolute atomic E-state index is 12.3. The van der Waals surface area contributed by atoms with Gasteiger partial charge >= 0.3 is 0 Å². The molecule has 0 radical (unpaired) electrons. The minimum absolute atomic E-state index is 0.172. The normalized spacial score (nSPS) is 23.1. The van der Waals surface area contributed by atoms with Gasteiger partial charge in [-0.05, 0) is 67.9 Å². The number of nitrogens with zero attached hydrogens (tertiary/aromatic N) is 2. The molecule has 2 aromatic rings. The van der Waals surface area contributed by atoms with Gasteiger partial charge in [-0.1, -0.05) is 6.07 Å². The van der Waals surface area contributed by atoms with Gasteiger partial charge in [-0.2, -0.15) is 10.2 Å². The van der Waals surface area contributed by atoms with Gasteiger partial charge in [0.1, 0.15) is 0 Å². The van der Waals surface area contributed by atoms with Crippen molar-refractivity contribution in [2.75, 3.05) is 5.32 Å². The molecule has 0 aliphatic heterocycles. The number of hydrogen-bond acceptors (Lipinski definition) is 3. The molecule has 0 spiro atoms. The van der Waals surface area contributed by atoms with E-state index in [-0.39, 0.29) is 11.8 Å². The lowest BCUT2D eigenvalue weighted by molar-refractivity contribution is -0.117. The van der Waals surface area contributed by atoms with Crippen LogP contribution >= 0.6 is 0 Å². The summed E-state index contributed by atoms with van der Waals surface area (Å²) in [5, 5.41) is 11.2. The predicted octanol–water partition coefficient (Wildman–Crippen LogP) is 3.44. The average molecular weight is 293 g/mol. The smallest absolute Gasteiger partial charge is 0.227 e. The van der Waals surface area contributed by atoms with Crippen LogP contribution in [0.4, 0.5) is 5.69 Å². The lowest BCUT2D eigenvalue weighted by atomic mass is 10.0. The van der Waals surface area contributed by atoms with Crippen LogP contribution in [0, 0.1) is 24.7 Å². The third kappa shape index (κ3) is 2.61. The molecule has 0 bridgehead atoms. The summed E-state index contributed by atoms with van der Waals surface area (Å²) in [5.74, 6) is 1.87. The highest BCUT2D eigenvalue weighted by atomic mass is 16.2. The fourth-order valence-electron chi connectivity index (χ4n) is 3.22. The number of carbonyl (C=O) groups excluding carboxylic acids is 1. The number of anilines is 1. The summed E-state index contributed by atoms with van der Waals surface area (Å²) in [6.07, 6.45) is 5.36. The summed E-state index contributed by atoms with van der Waals surface area (Å²) in [4.78, 5) is 12.3. The van der Waals surface area contributed by atoms with Gasteiger partial charge in [0, 0.05) is 23.4 Å². The molecule has 22 heavy (non-hydrogen) atoms. The summed E-state index contributed by atoms with van der Waals surface area (Å²) in [6.45, 7) is 2.04. The highest BCUT2D eigenvalue weighted by molar-refractivity contribution is 5.95. The van der Waals surface area contributed by atoms with Crippen molar-refractivity contribution in [1.82, 2.24) is 10.2 Å². The van der Waals surface area contributed by atoms with E-state index in [4.69, 9.17) is 0 Å². The van der Waals surface area contributed by atoms with E-state index < -0.39 is 0 Å². The Labute approximate surface area is 130 Å². The third-order valence-corrected chi connectivity index (χ3v) is 4.76. The highest BCUT2D eigenvalue weighted by Gasteiger charge is 2.51. The van der Waals surface area contributed by atoms with Gasteiger partial charge in [-0.25, -0.2) is 0 Å². The molecule has 4 nitrogen and oxygen atoms in total. The molecular weight excluding hydrogens is 274 g/mol. The number of aromatic nitrogens is 2. The van der Waals surface area contributed by atoms with E-state index >= 15 is 0 Å². The van der Waals surface area contributed by atoms with Crippen molar-refractivity contribution >= 4 is 11.6 Å². The second-order valence-electron chi connectivity index (χ2n) is 6.47. The fraction of sp³-hybridized carbons (Fsp3) is 0.389. The first-order valence-electron chi connectivity index (χ1n) is 7.92. The quantitative estimate of drug-likeness (QED) is 0.939. The van der Waals surface area contributed by atoms with Crippen LogP contribution < -0.4 is 5.32 Å². The molecule has 112 valence electrons. The zero-order valence-corrected chi connectivity index (χ0v) is 12.6. The standard InChI is InChI=1S/C18H19N3O/c1-11-4-7-13(9-14(11)17-3-2-8-19-21-17)20-18(22)16-10-15(16)12-5-6-12/h2-4,7-9,12,15-16H,5-6,10H2,1H3,(H,20,22)/t15-,16+/m0/s1. The molecule has 2 aliphatic rings. The van der Waals surface area contributed by atoms with Crippen LogP contribution in [0.1, 0.15) is 24.8 Å². The highest BCUT2D eigenvalue weighted by Crippen LogP contribution is 2.54. The molecule has 4 rings (SSSR count). The van der Waals surface area contributed by atoms with Gasteiger partial charge in [0.2, 0.25) is 5.91 Å². The molecule has 1 amide bonds. The van der Waals surface area contributed by atoms with E-state index in [0.29, 0.717) is 5.92 Å². The Hall–Kier alpha value is -2.23. The van der Waals surface area contributed by atoms with E-state index in [1.165, 1.54) is 12.8 Å². The molecule has 1 heterocycles. The van der Waals surface area contributed by atoms with Gasteiger partial charge in [0.15, 0.2) is 0 Å². The molecule has 2 atom stereocenters. The van der Waals surface area contributed by atoms with Gasteiger partial charge in [-0.15, -0.1) is 0 Å². The predicted molar refractivity (Wildman–Crippen MR) is 85.2 cm³/mol. The zero-order chi connectivity index (χ0) is 15.1. The fourth-order valence-corrected chi connectivity index (χ4v) is 3.22. The van der Waals surface area contributed by atoms with Gasteiger partial charge in [0.05, 0.1) is 5.69 Å². The minimum atomic E-state index is 0.172. The van der Waals surface area contributed by atoms with Crippen LogP contribution in [0.3, 0.4) is 0 Å². The first kappa shape index (κ1) is 13.4. The topological polar surface area (TPSA) is 54.9 Å². The molecular formula is C18H19N3O. The number of hydrogen-bond donors (Lipinski definition) is 1. The Morgan fingerprint density at radius 3 is 2.86 bits per heavy atom. The number of carbonyl (C=O) groups is 1. The molecule has 1 N–H and O–H groups in total. The average Bonchev–Trinajstić information content (AvgIpc) is 3.40. The molecule has 0 saturated heterocycles. The Bertz CT molecular complexity index is 710. The Kier molecular flexibility index (Phi) is 3.17. The molecule has 2 saturated carbocycles. The second kappa shape index (κ2) is 5.20. The second-order valence-corrected chi connectivity index (χ2v) is 6.47. The van der Waals surface area contributed by atoms with Gasteiger partial charge < -0.3 is 5.32 Å². The summed E-state index contributed by atoms with van der Waals surface area (Å²) in [6, 6.07) is 9.78. The number of aryl methyl sites for hydroxylation is 1. The third-order valence-electron chi connectivity index (χ3n) is 4.76. The number of rotatable bonds is 4. The lowest BCUT2D eigenvalue weighted by Crippen LogP contribution is -2.15. The van der Waals surface area contributed by atoms with Gasteiger partial charge in [0.25, 0.3) is 0 Å². The lowest BCUT2D eigenvalue weighted by Gasteiger charge is -2.09. The monoisotopic (exact) mass is 293 g/mol. The van der Waals surface area contributed by atoms with Gasteiger partial charge in [-0.3, -0.25) is 4.79 Å². The molecule has 0 unspecified atom stereocenters. The van der Waals surface area contributed by atoms with Crippen LogP contribution in [-0.2, 0) is 4.79 Å². The van der Waals surface area contributed by atoms with Crippen molar-refractivity contribution in [2.45, 2.75) is 26.2 Å². The molecule has 1 aromatic heterocycles. The number of amides is 1. The molecule has 2 fully saturated rings. The van der Waals surface area contributed by atoms with Crippen molar-refractivity contribution in [3.05, 3.63) is 42.1 Å². The summed E-state index contributed by atoms with van der Waals surface area (Å²) in [7, 11) is 0. The number of nitrogens with one attached hydrogen (secondary N) is 1. The van der Waals surface area contributed by atoms with Crippen LogP contribution in [-0.4, -0.2) is 16.1 Å². The van der Waals surface area contributed by atoms with E-state index in [1.54, 1.807) is 6.20 Å². The first-order valence-corrected chi connectivity index (χ1v) is 7.92. The minimum Gasteiger partial charge on any atom is -0.326 e. The molecule has 1 aromatic carbocycles. The summed E-state index contributed by atoms with van der Waals surface area (Å²) < 4.78 is 0. The van der Waals surface area contributed by atoms with E-state index in [0.717, 1.165) is 34.8 Å². The van der Waals surface area contributed by atoms with E-state index in [9.17, 15) is 4.79 Å². The van der Waals surface area contributed by atoms with Crippen molar-refractivity contribution in [3.63, 3.8) is 0 Å². The van der Waals surface area contributed by atoms with E-state index in [2.05, 4.69) is 15.5 Å². The van der Waals surface area contributed by atoms with Crippen LogP contribution in [0.15, 0.2) is 36.5 Å². The van der Waals surface area contributed by atoms with Crippen LogP contribution in [0.2, 0.25) is 0 Å². The molecule has 2 aliphatic carbocycles. The Morgan fingerprint density at radius 2 is 2.14 bits per heavy atom. The maximum Gasteiger partial charge on any atom is 0.227 e. The molecule has 4 heteroatoms. The van der Waals surface area contributed by atoms with Crippen molar-refractivity contribution in [2.24, 2.45) is 17.8 Å². The Balaban J connectivity index is 1.52. The van der Waals surface area contributed by atoms with Crippen molar-refractivity contribution in [3.8, 4) is 11.3 Å². The largest absolute Gasteiger partial charge is 0.326 e. The van der Waals surface area contributed by atoms with Crippen LogP contribution in [0.5, 0.6) is 0 Å². The first-order chi connectivity index (χ1) is 10.7. The number of benzene rings is 1. The summed E-state index contributed by atoms with van der Waals surface area (Å²) in [5.41, 5.74) is 3.82. The summed E-state index contributed by atoms with van der Waals surface area (Å²) >= 11 is 0. The van der Waals surface area contributed by atoms with E-state index in [1.807, 2.05) is 37.3 Å². The van der Waals surface area contributed by atoms with Crippen molar-refractivity contribution < 1.29 is 4.79 Å². The van der Waals surface area contributed by atoms with Crippen LogP contribution in [0.25, 0.3) is 11.3 Å². The Morgan fingerprint density at radius 1 is 1.27 bits per heavy atom. The SMILES string of the molecule is Cc1ccc(NC(=O)[C@@H]2C[C@H]2C2CC2)cc1-c1cccnn1. The van der Waals surface area contributed by atoms with Crippen molar-refractivity contribution in [1.29, 1.82) is 0 Å². The maximum atomic E-state index is 12.3. The zero-order valence-electron chi connectivity index (χ0n) is 12.6.